The zero-order chi connectivity index (χ0) is 24.6. The van der Waals surface area contributed by atoms with E-state index in [4.69, 9.17) is 0 Å². The summed E-state index contributed by atoms with van der Waals surface area (Å²) in [5, 5.41) is 0. The molecular formula is C36H32Cl2Ti. The van der Waals surface area contributed by atoms with Crippen molar-refractivity contribution in [2.24, 2.45) is 0 Å². The Morgan fingerprint density at radius 3 is 1.59 bits per heavy atom. The van der Waals surface area contributed by atoms with Gasteiger partial charge < -0.3 is 24.8 Å². The van der Waals surface area contributed by atoms with Gasteiger partial charge in [-0.15, -0.1) is 0 Å². The first kappa shape index (κ1) is 28.1. The molecule has 0 heterocycles. The van der Waals surface area contributed by atoms with Gasteiger partial charge in [0.25, 0.3) is 0 Å². The molecule has 1 fully saturated rings. The molecule has 194 valence electrons. The van der Waals surface area contributed by atoms with E-state index in [2.05, 4.69) is 115 Å². The molecule has 0 N–H and O–H groups in total. The van der Waals surface area contributed by atoms with Crippen LogP contribution >= 0.6 is 0 Å². The maximum Gasteiger partial charge on any atom is -1.00 e. The Kier molecular flexibility index (Phi) is 8.90. The van der Waals surface area contributed by atoms with E-state index in [1.54, 1.807) is 15.0 Å². The van der Waals surface area contributed by atoms with Crippen LogP contribution in [-0.2, 0) is 17.4 Å². The van der Waals surface area contributed by atoms with Crippen molar-refractivity contribution in [3.8, 4) is 33.4 Å². The van der Waals surface area contributed by atoms with Crippen LogP contribution in [0.4, 0.5) is 0 Å². The molecule has 7 rings (SSSR count). The molecule has 4 aromatic carbocycles. The summed E-state index contributed by atoms with van der Waals surface area (Å²) in [5.74, 6) is 0. The Morgan fingerprint density at radius 1 is 0.564 bits per heavy atom. The second-order valence-corrected chi connectivity index (χ2v) is 15.0. The summed E-state index contributed by atoms with van der Waals surface area (Å²) < 4.78 is 4.29. The summed E-state index contributed by atoms with van der Waals surface area (Å²) in [6.45, 7) is 0. The molecule has 0 radical (unpaired) electrons. The number of allylic oxidation sites excluding steroid dienone is 4. The monoisotopic (exact) mass is 582 g/mol. The van der Waals surface area contributed by atoms with E-state index in [0.717, 1.165) is 0 Å². The Labute approximate surface area is 251 Å². The minimum Gasteiger partial charge on any atom is -1.00 e. The maximum absolute atomic E-state index is 2.49. The van der Waals surface area contributed by atoms with Gasteiger partial charge in [0.05, 0.1) is 0 Å². The van der Waals surface area contributed by atoms with Gasteiger partial charge in [0.2, 0.25) is 0 Å². The first-order chi connectivity index (χ1) is 18.4. The summed E-state index contributed by atoms with van der Waals surface area (Å²) in [7, 11) is 0. The van der Waals surface area contributed by atoms with Gasteiger partial charge in [-0.3, -0.25) is 0 Å². The molecule has 0 aliphatic heterocycles. The second kappa shape index (κ2) is 12.4. The van der Waals surface area contributed by atoms with Crippen molar-refractivity contribution in [1.82, 2.24) is 0 Å². The van der Waals surface area contributed by atoms with Gasteiger partial charge in [0.1, 0.15) is 0 Å². The standard InChI is InChI=1S/C25H17.C6H10.C5H5.2ClH.Ti/c1-3-7-18(8-4-1)20-11-13-22-15-23-14-12-21(17-25(23)24(22)16-20)19-9-5-2-6-10-19;1-2-4-6-5-3-1;1-2-4-5-3-1;;;/h1-17H;1-5H2;1-3H,4H2;2*1H;/q;;;;;+2/p-2. The van der Waals surface area contributed by atoms with Gasteiger partial charge >= 0.3 is 228 Å². The fourth-order valence-corrected chi connectivity index (χ4v) is 12.7. The van der Waals surface area contributed by atoms with Crippen LogP contribution in [0.2, 0.25) is 0 Å². The van der Waals surface area contributed by atoms with Crippen molar-refractivity contribution in [3.05, 3.63) is 130 Å². The Hall–Kier alpha value is -2.48. The van der Waals surface area contributed by atoms with Crippen molar-refractivity contribution >= 4 is 3.81 Å². The minimum atomic E-state index is -1.73. The van der Waals surface area contributed by atoms with Crippen molar-refractivity contribution in [1.29, 1.82) is 0 Å². The molecule has 3 aliphatic carbocycles. The number of halogens is 2. The fraction of sp³-hybridized carbons (Fsp3) is 0.194. The predicted molar refractivity (Wildman–Crippen MR) is 155 cm³/mol. The summed E-state index contributed by atoms with van der Waals surface area (Å²) in [6.07, 6.45) is 15.3. The maximum atomic E-state index is 2.49. The summed E-state index contributed by atoms with van der Waals surface area (Å²) in [4.78, 5) is 0. The SMILES string of the molecule is C1=CC[C]([Ti+2](=[C]2CCCCC2)[CH]2c3ccc(-c4ccccc4)cc3-c3cc(-c4ccccc4)ccc32)=C1.[Cl-].[Cl-]. The average Bonchev–Trinajstić information content (AvgIpc) is 3.62. The van der Waals surface area contributed by atoms with Gasteiger partial charge in [0.15, 0.2) is 0 Å². The molecule has 39 heavy (non-hydrogen) atoms. The Morgan fingerprint density at radius 2 is 1.10 bits per heavy atom. The third-order valence-electron chi connectivity index (χ3n) is 8.48. The third kappa shape index (κ3) is 5.33. The molecule has 0 unspecified atom stereocenters. The van der Waals surface area contributed by atoms with E-state index in [1.165, 1.54) is 71.9 Å². The van der Waals surface area contributed by atoms with Crippen LogP contribution < -0.4 is 24.8 Å². The number of hydrogen-bond donors (Lipinski definition) is 0. The van der Waals surface area contributed by atoms with E-state index in [1.807, 2.05) is 3.81 Å². The molecule has 3 aliphatic rings. The van der Waals surface area contributed by atoms with E-state index in [0.29, 0.717) is 4.22 Å². The van der Waals surface area contributed by atoms with Crippen LogP contribution in [-0.4, -0.2) is 3.81 Å². The van der Waals surface area contributed by atoms with Crippen LogP contribution in [0.15, 0.2) is 119 Å². The van der Waals surface area contributed by atoms with E-state index in [9.17, 15) is 0 Å². The number of hydrogen-bond acceptors (Lipinski definition) is 0. The second-order valence-electron chi connectivity index (χ2n) is 10.7. The van der Waals surface area contributed by atoms with Crippen LogP contribution in [0.1, 0.15) is 53.9 Å². The van der Waals surface area contributed by atoms with Crippen molar-refractivity contribution < 1.29 is 42.2 Å². The molecule has 3 heteroatoms. The van der Waals surface area contributed by atoms with E-state index < -0.39 is 17.4 Å². The molecule has 0 amide bonds. The van der Waals surface area contributed by atoms with Crippen molar-refractivity contribution in [2.75, 3.05) is 0 Å². The number of fused-ring (bicyclic) bond motifs is 3. The Bertz CT molecular complexity index is 1470. The number of rotatable bonds is 4. The summed E-state index contributed by atoms with van der Waals surface area (Å²) >= 11 is -1.73. The minimum absolute atomic E-state index is 0. The molecule has 0 saturated heterocycles. The molecule has 0 spiro atoms. The summed E-state index contributed by atoms with van der Waals surface area (Å²) in [6, 6.07) is 36.5. The molecule has 1 saturated carbocycles. The molecule has 4 aromatic rings. The van der Waals surface area contributed by atoms with Crippen LogP contribution in [0.3, 0.4) is 0 Å². The predicted octanol–water partition coefficient (Wildman–Crippen LogP) is 3.70. The van der Waals surface area contributed by atoms with Crippen LogP contribution in [0, 0.1) is 0 Å². The van der Waals surface area contributed by atoms with Crippen LogP contribution in [0.25, 0.3) is 33.4 Å². The van der Waals surface area contributed by atoms with Crippen molar-refractivity contribution in [2.45, 2.75) is 42.7 Å². The van der Waals surface area contributed by atoms with Gasteiger partial charge in [-0.05, 0) is 0 Å². The van der Waals surface area contributed by atoms with Crippen molar-refractivity contribution in [3.63, 3.8) is 0 Å². The zero-order valence-electron chi connectivity index (χ0n) is 22.0. The number of benzene rings is 4. The first-order valence-electron chi connectivity index (χ1n) is 13.8. The average molecular weight is 583 g/mol. The molecule has 0 bridgehead atoms. The molecular weight excluding hydrogens is 551 g/mol. The van der Waals surface area contributed by atoms with E-state index in [-0.39, 0.29) is 24.8 Å². The van der Waals surface area contributed by atoms with E-state index >= 15 is 0 Å². The van der Waals surface area contributed by atoms with Crippen LogP contribution in [0.5, 0.6) is 0 Å². The smallest absolute Gasteiger partial charge is 1.00 e. The first-order valence-corrected chi connectivity index (χ1v) is 16.3. The zero-order valence-corrected chi connectivity index (χ0v) is 25.1. The fourth-order valence-electron chi connectivity index (χ4n) is 6.69. The van der Waals surface area contributed by atoms with Gasteiger partial charge in [0, 0.05) is 0 Å². The molecule has 0 atom stereocenters. The largest absolute Gasteiger partial charge is 1.00 e. The molecule has 0 nitrogen and oxygen atoms in total. The normalized spacial score (nSPS) is 15.4. The topological polar surface area (TPSA) is 0 Å². The third-order valence-corrected chi connectivity index (χ3v) is 14.0. The summed E-state index contributed by atoms with van der Waals surface area (Å²) in [5.41, 5.74) is 11.3. The Balaban J connectivity index is 0.00000154. The van der Waals surface area contributed by atoms with Gasteiger partial charge in [-0.25, -0.2) is 0 Å². The van der Waals surface area contributed by atoms with Gasteiger partial charge in [-0.1, -0.05) is 0 Å². The molecule has 0 aromatic heterocycles. The van der Waals surface area contributed by atoms with Gasteiger partial charge in [-0.2, -0.15) is 0 Å². The quantitative estimate of drug-likeness (QED) is 0.322.